The number of H-pyrrole nitrogens is 1. The van der Waals surface area contributed by atoms with Gasteiger partial charge in [-0.2, -0.15) is 0 Å². The zero-order valence-electron chi connectivity index (χ0n) is 11.9. The first-order valence-corrected chi connectivity index (χ1v) is 8.99. The van der Waals surface area contributed by atoms with Crippen LogP contribution in [0.4, 0.5) is 0 Å². The molecule has 0 radical (unpaired) electrons. The number of nitrogens with one attached hydrogen (secondary N) is 1. The highest BCUT2D eigenvalue weighted by molar-refractivity contribution is 9.11. The summed E-state index contributed by atoms with van der Waals surface area (Å²) in [5.41, 5.74) is 2.26. The van der Waals surface area contributed by atoms with E-state index in [0.717, 1.165) is 32.3 Å². The monoisotopic (exact) mass is 374 g/mol. The van der Waals surface area contributed by atoms with Gasteiger partial charge < -0.3 is 4.98 Å². The molecular formula is C16H15BrN4S. The van der Waals surface area contributed by atoms with Gasteiger partial charge in [-0.15, -0.1) is 10.2 Å². The third-order valence-electron chi connectivity index (χ3n) is 3.76. The van der Waals surface area contributed by atoms with E-state index in [4.69, 9.17) is 0 Å². The van der Waals surface area contributed by atoms with Crippen molar-refractivity contribution in [2.75, 3.05) is 5.75 Å². The van der Waals surface area contributed by atoms with E-state index in [2.05, 4.69) is 60.5 Å². The molecule has 1 aliphatic carbocycles. The number of fused-ring (bicyclic) bond motifs is 1. The predicted octanol–water partition coefficient (Wildman–Crippen LogP) is 4.76. The van der Waals surface area contributed by atoms with E-state index in [1.807, 2.05) is 12.3 Å². The number of para-hydroxylation sites is 1. The standard InChI is InChI=1S/C16H15BrN4S/c1-10(17)9-22-16-20-19-15(21(16)11-6-7-11)13-8-18-14-5-3-2-4-12(13)14/h2-5,8,11,18H,1,6-7,9H2. The van der Waals surface area contributed by atoms with Crippen molar-refractivity contribution >= 4 is 38.6 Å². The van der Waals surface area contributed by atoms with Gasteiger partial charge in [0.05, 0.1) is 0 Å². The van der Waals surface area contributed by atoms with Crippen LogP contribution in [-0.4, -0.2) is 25.5 Å². The number of hydrogen-bond acceptors (Lipinski definition) is 3. The Morgan fingerprint density at radius 1 is 1.36 bits per heavy atom. The summed E-state index contributed by atoms with van der Waals surface area (Å²) in [5.74, 6) is 1.77. The average molecular weight is 375 g/mol. The van der Waals surface area contributed by atoms with Gasteiger partial charge in [-0.25, -0.2) is 0 Å². The van der Waals surface area contributed by atoms with Crippen LogP contribution >= 0.6 is 27.7 Å². The maximum absolute atomic E-state index is 4.48. The van der Waals surface area contributed by atoms with Crippen LogP contribution in [0.1, 0.15) is 18.9 Å². The molecule has 0 atom stereocenters. The summed E-state index contributed by atoms with van der Waals surface area (Å²) >= 11 is 5.09. The van der Waals surface area contributed by atoms with E-state index < -0.39 is 0 Å². The Bertz CT molecular complexity index is 847. The molecule has 112 valence electrons. The summed E-state index contributed by atoms with van der Waals surface area (Å²) in [4.78, 5) is 3.32. The molecule has 4 rings (SSSR count). The first-order valence-electron chi connectivity index (χ1n) is 7.21. The molecule has 1 N–H and O–H groups in total. The number of aromatic nitrogens is 4. The molecule has 1 saturated carbocycles. The second kappa shape index (κ2) is 5.59. The minimum absolute atomic E-state index is 0.532. The van der Waals surface area contributed by atoms with Crippen molar-refractivity contribution in [3.05, 3.63) is 41.5 Å². The molecule has 4 nitrogen and oxygen atoms in total. The fourth-order valence-electron chi connectivity index (χ4n) is 2.62. The van der Waals surface area contributed by atoms with Gasteiger partial charge in [0.25, 0.3) is 0 Å². The number of benzene rings is 1. The Hall–Kier alpha value is -1.53. The van der Waals surface area contributed by atoms with Crippen LogP contribution in [-0.2, 0) is 0 Å². The van der Waals surface area contributed by atoms with Crippen molar-refractivity contribution in [3.8, 4) is 11.4 Å². The van der Waals surface area contributed by atoms with Crippen molar-refractivity contribution in [1.82, 2.24) is 19.7 Å². The SMILES string of the molecule is C=C(Br)CSc1nnc(-c2c[nH]c3ccccc23)n1C1CC1. The van der Waals surface area contributed by atoms with E-state index in [-0.39, 0.29) is 0 Å². The molecule has 0 spiro atoms. The highest BCUT2D eigenvalue weighted by Gasteiger charge is 2.30. The summed E-state index contributed by atoms with van der Waals surface area (Å²) in [6, 6.07) is 8.84. The second-order valence-electron chi connectivity index (χ2n) is 5.46. The fraction of sp³-hybridized carbons (Fsp3) is 0.250. The van der Waals surface area contributed by atoms with Crippen molar-refractivity contribution in [2.45, 2.75) is 24.0 Å². The quantitative estimate of drug-likeness (QED) is 0.654. The normalized spacial score (nSPS) is 14.6. The molecule has 2 aromatic heterocycles. The molecule has 22 heavy (non-hydrogen) atoms. The van der Waals surface area contributed by atoms with Gasteiger partial charge in [0.15, 0.2) is 11.0 Å². The average Bonchev–Trinajstić information content (AvgIpc) is 3.12. The van der Waals surface area contributed by atoms with Gasteiger partial charge in [-0.05, 0) is 23.4 Å². The third kappa shape index (κ3) is 2.50. The highest BCUT2D eigenvalue weighted by Crippen LogP contribution is 2.42. The van der Waals surface area contributed by atoms with E-state index in [9.17, 15) is 0 Å². The largest absolute Gasteiger partial charge is 0.360 e. The van der Waals surface area contributed by atoms with Gasteiger partial charge in [0, 0.05) is 34.5 Å². The van der Waals surface area contributed by atoms with Crippen LogP contribution < -0.4 is 0 Å². The van der Waals surface area contributed by atoms with Crippen LogP contribution in [0.3, 0.4) is 0 Å². The number of halogens is 1. The summed E-state index contributed by atoms with van der Waals surface area (Å²) in [5, 5.41) is 11.1. The van der Waals surface area contributed by atoms with E-state index in [1.165, 1.54) is 18.2 Å². The number of nitrogens with zero attached hydrogens (tertiary/aromatic N) is 3. The van der Waals surface area contributed by atoms with Gasteiger partial charge in [-0.3, -0.25) is 4.57 Å². The molecule has 3 aromatic rings. The lowest BCUT2D eigenvalue weighted by molar-refractivity contribution is 0.670. The molecule has 1 aromatic carbocycles. The van der Waals surface area contributed by atoms with Gasteiger partial charge in [0.1, 0.15) is 0 Å². The molecular weight excluding hydrogens is 360 g/mol. The smallest absolute Gasteiger partial charge is 0.192 e. The molecule has 0 bridgehead atoms. The fourth-order valence-corrected chi connectivity index (χ4v) is 3.72. The lowest BCUT2D eigenvalue weighted by Gasteiger charge is -2.08. The lowest BCUT2D eigenvalue weighted by Crippen LogP contribution is -1.99. The summed E-state index contributed by atoms with van der Waals surface area (Å²) in [7, 11) is 0. The number of aromatic amines is 1. The van der Waals surface area contributed by atoms with Gasteiger partial charge >= 0.3 is 0 Å². The van der Waals surface area contributed by atoms with E-state index in [0.29, 0.717) is 6.04 Å². The first-order chi connectivity index (χ1) is 10.7. The van der Waals surface area contributed by atoms with E-state index >= 15 is 0 Å². The molecule has 0 saturated heterocycles. The Balaban J connectivity index is 1.80. The van der Waals surface area contributed by atoms with Crippen LogP contribution in [0.25, 0.3) is 22.3 Å². The predicted molar refractivity (Wildman–Crippen MR) is 94.4 cm³/mol. The van der Waals surface area contributed by atoms with Gasteiger partial charge in [0.2, 0.25) is 0 Å². The number of rotatable bonds is 5. The van der Waals surface area contributed by atoms with E-state index in [1.54, 1.807) is 11.8 Å². The molecule has 0 aliphatic heterocycles. The Morgan fingerprint density at radius 2 is 2.18 bits per heavy atom. The third-order valence-corrected chi connectivity index (χ3v) is 5.45. The number of hydrogen-bond donors (Lipinski definition) is 1. The highest BCUT2D eigenvalue weighted by atomic mass is 79.9. The van der Waals surface area contributed by atoms with Crippen LogP contribution in [0.2, 0.25) is 0 Å². The summed E-state index contributed by atoms with van der Waals surface area (Å²) in [6.07, 6.45) is 4.44. The van der Waals surface area contributed by atoms with Gasteiger partial charge in [-0.1, -0.05) is 52.5 Å². The molecule has 1 aliphatic rings. The molecule has 2 heterocycles. The van der Waals surface area contributed by atoms with Crippen LogP contribution in [0.15, 0.2) is 46.7 Å². The minimum atomic E-state index is 0.532. The summed E-state index contributed by atoms with van der Waals surface area (Å²) < 4.78 is 3.26. The maximum atomic E-state index is 4.48. The zero-order valence-corrected chi connectivity index (χ0v) is 14.3. The van der Waals surface area contributed by atoms with Crippen molar-refractivity contribution < 1.29 is 0 Å². The van der Waals surface area contributed by atoms with Crippen LogP contribution in [0.5, 0.6) is 0 Å². The van der Waals surface area contributed by atoms with Crippen LogP contribution in [0, 0.1) is 0 Å². The molecule has 6 heteroatoms. The lowest BCUT2D eigenvalue weighted by atomic mass is 10.1. The second-order valence-corrected chi connectivity index (χ2v) is 7.53. The number of thioether (sulfide) groups is 1. The summed E-state index contributed by atoms with van der Waals surface area (Å²) in [6.45, 7) is 3.89. The van der Waals surface area contributed by atoms with Crippen molar-refractivity contribution in [1.29, 1.82) is 0 Å². The molecule has 0 unspecified atom stereocenters. The molecule has 0 amide bonds. The van der Waals surface area contributed by atoms with Crippen molar-refractivity contribution in [2.24, 2.45) is 0 Å². The maximum Gasteiger partial charge on any atom is 0.192 e. The molecule has 1 fully saturated rings. The Morgan fingerprint density at radius 3 is 2.95 bits per heavy atom. The Labute approximate surface area is 141 Å². The first kappa shape index (κ1) is 14.1. The zero-order chi connectivity index (χ0) is 15.1. The minimum Gasteiger partial charge on any atom is -0.360 e. The topological polar surface area (TPSA) is 46.5 Å². The Kier molecular flexibility index (Phi) is 3.58. The van der Waals surface area contributed by atoms with Crippen molar-refractivity contribution in [3.63, 3.8) is 0 Å².